The van der Waals surface area contributed by atoms with E-state index >= 15 is 0 Å². The van der Waals surface area contributed by atoms with Crippen LogP contribution >= 0.6 is 24.0 Å². The van der Waals surface area contributed by atoms with Gasteiger partial charge in [0.1, 0.15) is 16.7 Å². The minimum absolute atomic E-state index is 0.0594. The van der Waals surface area contributed by atoms with Crippen LogP contribution in [0.15, 0.2) is 59.0 Å². The summed E-state index contributed by atoms with van der Waals surface area (Å²) in [4.78, 5) is 15.2. The van der Waals surface area contributed by atoms with Gasteiger partial charge in [0.05, 0.1) is 19.1 Å². The number of benzene rings is 2. The number of fused-ring (bicyclic) bond motifs is 1. The Labute approximate surface area is 185 Å². The summed E-state index contributed by atoms with van der Waals surface area (Å²) >= 11 is 6.79. The number of nitrogens with zero attached hydrogens (tertiary/aromatic N) is 1. The van der Waals surface area contributed by atoms with Gasteiger partial charge < -0.3 is 14.2 Å². The molecule has 7 heteroatoms. The summed E-state index contributed by atoms with van der Waals surface area (Å²) in [5.41, 5.74) is 2.98. The Morgan fingerprint density at radius 2 is 1.97 bits per heavy atom. The van der Waals surface area contributed by atoms with Gasteiger partial charge in [-0.3, -0.25) is 9.69 Å². The van der Waals surface area contributed by atoms with E-state index in [-0.39, 0.29) is 5.91 Å². The van der Waals surface area contributed by atoms with Crippen molar-refractivity contribution >= 4 is 40.3 Å². The van der Waals surface area contributed by atoms with E-state index in [1.165, 1.54) is 11.8 Å². The third kappa shape index (κ3) is 4.22. The van der Waals surface area contributed by atoms with Gasteiger partial charge in [-0.05, 0) is 47.9 Å². The predicted molar refractivity (Wildman–Crippen MR) is 123 cm³/mol. The largest absolute Gasteiger partial charge is 0.497 e. The molecule has 0 aromatic heterocycles. The number of hydrogen-bond acceptors (Lipinski definition) is 6. The molecule has 2 aliphatic rings. The highest BCUT2D eigenvalue weighted by molar-refractivity contribution is 8.26. The van der Waals surface area contributed by atoms with Crippen LogP contribution in [0, 0.1) is 0 Å². The van der Waals surface area contributed by atoms with Gasteiger partial charge in [0.15, 0.2) is 11.5 Å². The van der Waals surface area contributed by atoms with E-state index in [2.05, 4.69) is 0 Å². The van der Waals surface area contributed by atoms with Crippen molar-refractivity contribution in [2.45, 2.75) is 6.42 Å². The molecule has 4 rings (SSSR count). The number of ether oxygens (including phenoxy) is 3. The van der Waals surface area contributed by atoms with Crippen LogP contribution < -0.4 is 14.2 Å². The first-order chi connectivity index (χ1) is 14.6. The van der Waals surface area contributed by atoms with E-state index in [1.807, 2.05) is 54.6 Å². The molecule has 2 heterocycles. The first-order valence-electron chi connectivity index (χ1n) is 9.47. The van der Waals surface area contributed by atoms with Crippen LogP contribution in [0.3, 0.4) is 0 Å². The van der Waals surface area contributed by atoms with Crippen molar-refractivity contribution in [1.82, 2.24) is 4.90 Å². The fraction of sp³-hybridized carbons (Fsp3) is 0.217. The summed E-state index contributed by atoms with van der Waals surface area (Å²) < 4.78 is 17.0. The molecule has 2 aromatic carbocycles. The first-order valence-corrected chi connectivity index (χ1v) is 10.7. The average molecular weight is 440 g/mol. The topological polar surface area (TPSA) is 48.0 Å². The molecule has 30 heavy (non-hydrogen) atoms. The molecule has 0 bridgehead atoms. The minimum atomic E-state index is -0.0594. The molecule has 1 saturated heterocycles. The number of thioether (sulfide) groups is 1. The molecule has 0 unspecified atom stereocenters. The first kappa shape index (κ1) is 20.5. The fourth-order valence-electron chi connectivity index (χ4n) is 3.34. The second kappa shape index (κ2) is 8.93. The van der Waals surface area contributed by atoms with Crippen LogP contribution in [0.4, 0.5) is 0 Å². The highest BCUT2D eigenvalue weighted by atomic mass is 32.2. The standard InChI is InChI=1S/C23H21NO4S2/c1-26-18-8-6-15(7-9-18)10-11-24-22(25)20(30-23(24)29)13-16-12-17-4-3-5-19(27-2)21(17)28-14-16/h3-9,12-13H,10-11,14H2,1-2H3. The Morgan fingerprint density at radius 3 is 2.70 bits per heavy atom. The quantitative estimate of drug-likeness (QED) is 0.489. The molecular formula is C23H21NO4S2. The van der Waals surface area contributed by atoms with Crippen LogP contribution in [0.5, 0.6) is 17.2 Å². The van der Waals surface area contributed by atoms with Crippen molar-refractivity contribution in [2.75, 3.05) is 27.4 Å². The van der Waals surface area contributed by atoms with Gasteiger partial charge in [-0.25, -0.2) is 0 Å². The van der Waals surface area contributed by atoms with Gasteiger partial charge in [0, 0.05) is 12.1 Å². The number of para-hydroxylation sites is 1. The summed E-state index contributed by atoms with van der Waals surface area (Å²) in [5.74, 6) is 2.18. The number of carbonyl (C=O) groups excluding carboxylic acids is 1. The molecule has 0 atom stereocenters. The van der Waals surface area contributed by atoms with Crippen LogP contribution in [0.1, 0.15) is 11.1 Å². The molecule has 0 radical (unpaired) electrons. The summed E-state index contributed by atoms with van der Waals surface area (Å²) in [7, 11) is 3.26. The van der Waals surface area contributed by atoms with Gasteiger partial charge in [-0.2, -0.15) is 0 Å². The van der Waals surface area contributed by atoms with Crippen molar-refractivity contribution in [3.05, 3.63) is 70.1 Å². The maximum Gasteiger partial charge on any atom is 0.266 e. The van der Waals surface area contributed by atoms with Crippen LogP contribution in [0.2, 0.25) is 0 Å². The lowest BCUT2D eigenvalue weighted by molar-refractivity contribution is -0.122. The summed E-state index contributed by atoms with van der Waals surface area (Å²) in [5, 5.41) is 0. The van der Waals surface area contributed by atoms with Crippen LogP contribution in [0.25, 0.3) is 6.08 Å². The lowest BCUT2D eigenvalue weighted by Crippen LogP contribution is -2.30. The molecule has 5 nitrogen and oxygen atoms in total. The Kier molecular flexibility index (Phi) is 6.11. The highest BCUT2D eigenvalue weighted by Crippen LogP contribution is 2.37. The third-order valence-corrected chi connectivity index (χ3v) is 6.30. The maximum atomic E-state index is 12.9. The van der Waals surface area contributed by atoms with Gasteiger partial charge >= 0.3 is 0 Å². The lowest BCUT2D eigenvalue weighted by Gasteiger charge is -2.18. The Bertz CT molecular complexity index is 1040. The van der Waals surface area contributed by atoms with Gasteiger partial charge in [-0.15, -0.1) is 0 Å². The van der Waals surface area contributed by atoms with Gasteiger partial charge in [-0.1, -0.05) is 48.2 Å². The van der Waals surface area contributed by atoms with Crippen molar-refractivity contribution in [2.24, 2.45) is 0 Å². The molecule has 154 valence electrons. The normalized spacial score (nSPS) is 16.9. The Morgan fingerprint density at radius 1 is 1.17 bits per heavy atom. The SMILES string of the molecule is COc1ccc(CCN2C(=O)C(=CC3=Cc4cccc(OC)c4OC3)SC2=S)cc1. The Balaban J connectivity index is 1.46. The van der Waals surface area contributed by atoms with E-state index < -0.39 is 0 Å². The lowest BCUT2D eigenvalue weighted by atomic mass is 10.1. The second-order valence-electron chi connectivity index (χ2n) is 6.82. The molecule has 2 aliphatic heterocycles. The smallest absolute Gasteiger partial charge is 0.266 e. The molecule has 0 aliphatic carbocycles. The molecule has 1 fully saturated rings. The fourth-order valence-corrected chi connectivity index (χ4v) is 4.66. The second-order valence-corrected chi connectivity index (χ2v) is 8.49. The minimum Gasteiger partial charge on any atom is -0.497 e. The summed E-state index contributed by atoms with van der Waals surface area (Å²) in [6.45, 7) is 0.924. The molecule has 0 saturated carbocycles. The van der Waals surface area contributed by atoms with Crippen molar-refractivity contribution in [3.8, 4) is 17.2 Å². The van der Waals surface area contributed by atoms with Crippen molar-refractivity contribution in [3.63, 3.8) is 0 Å². The maximum absolute atomic E-state index is 12.9. The van der Waals surface area contributed by atoms with E-state index in [0.29, 0.717) is 28.1 Å². The predicted octanol–water partition coefficient (Wildman–Crippen LogP) is 4.47. The van der Waals surface area contributed by atoms with E-state index in [4.69, 9.17) is 26.4 Å². The monoisotopic (exact) mass is 439 g/mol. The zero-order valence-electron chi connectivity index (χ0n) is 16.7. The highest BCUT2D eigenvalue weighted by Gasteiger charge is 2.32. The number of carbonyl (C=O) groups is 1. The van der Waals surface area contributed by atoms with E-state index in [1.54, 1.807) is 19.1 Å². The van der Waals surface area contributed by atoms with Gasteiger partial charge in [0.2, 0.25) is 0 Å². The van der Waals surface area contributed by atoms with Crippen LogP contribution in [-0.4, -0.2) is 42.5 Å². The zero-order valence-corrected chi connectivity index (χ0v) is 18.3. The third-order valence-electron chi connectivity index (χ3n) is 4.93. The van der Waals surface area contributed by atoms with Crippen molar-refractivity contribution in [1.29, 1.82) is 0 Å². The zero-order chi connectivity index (χ0) is 21.1. The number of methoxy groups -OCH3 is 2. The van der Waals surface area contributed by atoms with Gasteiger partial charge in [0.25, 0.3) is 5.91 Å². The number of rotatable bonds is 6. The Hall–Kier alpha value is -2.77. The van der Waals surface area contributed by atoms with E-state index in [9.17, 15) is 4.79 Å². The summed E-state index contributed by atoms with van der Waals surface area (Å²) in [6, 6.07) is 13.6. The summed E-state index contributed by atoms with van der Waals surface area (Å²) in [6.07, 6.45) is 4.61. The average Bonchev–Trinajstić information content (AvgIpc) is 3.04. The number of hydrogen-bond donors (Lipinski definition) is 0. The molecule has 0 N–H and O–H groups in total. The molecular weight excluding hydrogens is 418 g/mol. The van der Waals surface area contributed by atoms with Crippen LogP contribution in [-0.2, 0) is 11.2 Å². The molecule has 2 aromatic rings. The molecule has 0 spiro atoms. The van der Waals surface area contributed by atoms with E-state index in [0.717, 1.165) is 34.6 Å². The van der Waals surface area contributed by atoms with Crippen molar-refractivity contribution < 1.29 is 19.0 Å². The number of thiocarbonyl (C=S) groups is 1. The number of amides is 1. The molecule has 1 amide bonds.